The molecule has 0 saturated heterocycles. The summed E-state index contributed by atoms with van der Waals surface area (Å²) in [5.74, 6) is 0.894. The topological polar surface area (TPSA) is 70.2 Å². The minimum absolute atomic E-state index is 0.123. The summed E-state index contributed by atoms with van der Waals surface area (Å²) < 4.78 is 0. The average molecular weight is 341 g/mol. The molecule has 134 valence electrons. The Morgan fingerprint density at radius 3 is 2.72 bits per heavy atom. The predicted molar refractivity (Wildman–Crippen MR) is 96.3 cm³/mol. The van der Waals surface area contributed by atoms with Crippen LogP contribution < -0.4 is 16.0 Å². The molecule has 2 atom stereocenters. The predicted octanol–water partition coefficient (Wildman–Crippen LogP) is 2.11. The van der Waals surface area contributed by atoms with Gasteiger partial charge in [-0.15, -0.1) is 0 Å². The maximum absolute atomic E-state index is 11.9. The molecule has 0 aliphatic heterocycles. The van der Waals surface area contributed by atoms with Crippen molar-refractivity contribution in [1.29, 1.82) is 0 Å². The summed E-state index contributed by atoms with van der Waals surface area (Å²) in [5.41, 5.74) is 3.31. The third-order valence-electron chi connectivity index (χ3n) is 6.02. The molecule has 3 aliphatic rings. The van der Waals surface area contributed by atoms with Gasteiger partial charge >= 0.3 is 6.03 Å². The van der Waals surface area contributed by atoms with Gasteiger partial charge in [-0.2, -0.15) is 0 Å². The highest BCUT2D eigenvalue weighted by atomic mass is 16.2. The van der Waals surface area contributed by atoms with Gasteiger partial charge < -0.3 is 16.0 Å². The van der Waals surface area contributed by atoms with Gasteiger partial charge in [-0.3, -0.25) is 4.79 Å². The van der Waals surface area contributed by atoms with Gasteiger partial charge in [0, 0.05) is 31.0 Å². The summed E-state index contributed by atoms with van der Waals surface area (Å²) in [6.45, 7) is 1.71. The van der Waals surface area contributed by atoms with Crippen molar-refractivity contribution in [3.05, 3.63) is 35.4 Å². The molecule has 2 saturated carbocycles. The Kier molecular flexibility index (Phi) is 4.40. The van der Waals surface area contributed by atoms with E-state index in [9.17, 15) is 9.59 Å². The number of hydrogen-bond donors (Lipinski definition) is 3. The molecule has 3 aliphatic carbocycles. The fourth-order valence-corrected chi connectivity index (χ4v) is 4.37. The molecule has 4 rings (SSSR count). The van der Waals surface area contributed by atoms with Crippen molar-refractivity contribution >= 4 is 11.9 Å². The zero-order valence-electron chi connectivity index (χ0n) is 14.6. The highest BCUT2D eigenvalue weighted by Crippen LogP contribution is 2.59. The van der Waals surface area contributed by atoms with Crippen molar-refractivity contribution in [3.63, 3.8) is 0 Å². The molecule has 5 nitrogen and oxygen atoms in total. The van der Waals surface area contributed by atoms with E-state index >= 15 is 0 Å². The molecule has 0 heterocycles. The molecule has 5 heteroatoms. The SMILES string of the molecule is O=C(NCCNC(=O)C1CC1)NCC1CC12CCCc1ccccc12. The second kappa shape index (κ2) is 6.70. The van der Waals surface area contributed by atoms with E-state index in [4.69, 9.17) is 0 Å². The molecular weight excluding hydrogens is 314 g/mol. The van der Waals surface area contributed by atoms with Crippen LogP contribution in [0.2, 0.25) is 0 Å². The van der Waals surface area contributed by atoms with Crippen molar-refractivity contribution in [2.75, 3.05) is 19.6 Å². The highest BCUT2D eigenvalue weighted by Gasteiger charge is 2.56. The van der Waals surface area contributed by atoms with E-state index in [1.54, 1.807) is 0 Å². The molecule has 0 bridgehead atoms. The van der Waals surface area contributed by atoms with Gasteiger partial charge in [0.1, 0.15) is 0 Å². The lowest BCUT2D eigenvalue weighted by molar-refractivity contribution is -0.122. The first-order chi connectivity index (χ1) is 12.2. The van der Waals surface area contributed by atoms with Gasteiger partial charge in [0.2, 0.25) is 5.91 Å². The van der Waals surface area contributed by atoms with Gasteiger partial charge in [-0.05, 0) is 55.6 Å². The van der Waals surface area contributed by atoms with Crippen molar-refractivity contribution in [2.45, 2.75) is 43.9 Å². The number of urea groups is 1. The second-order valence-electron chi connectivity index (χ2n) is 7.77. The molecule has 3 amide bonds. The molecule has 3 N–H and O–H groups in total. The molecule has 1 aromatic carbocycles. The Balaban J connectivity index is 1.18. The van der Waals surface area contributed by atoms with Crippen LogP contribution in [0.1, 0.15) is 43.2 Å². The van der Waals surface area contributed by atoms with Gasteiger partial charge in [0.25, 0.3) is 0 Å². The number of nitrogens with one attached hydrogen (secondary N) is 3. The minimum atomic E-state index is -0.133. The van der Waals surface area contributed by atoms with Gasteiger partial charge in [0.15, 0.2) is 0 Å². The number of benzene rings is 1. The third-order valence-corrected chi connectivity index (χ3v) is 6.02. The zero-order valence-corrected chi connectivity index (χ0v) is 14.6. The third kappa shape index (κ3) is 3.51. The number of rotatable bonds is 6. The van der Waals surface area contributed by atoms with Crippen molar-refractivity contribution in [2.24, 2.45) is 11.8 Å². The molecule has 2 fully saturated rings. The lowest BCUT2D eigenvalue weighted by Gasteiger charge is -2.26. The van der Waals surface area contributed by atoms with E-state index in [1.807, 2.05) is 0 Å². The minimum Gasteiger partial charge on any atom is -0.354 e. The van der Waals surface area contributed by atoms with Crippen LogP contribution in [-0.4, -0.2) is 31.6 Å². The molecule has 1 aromatic rings. The first kappa shape index (κ1) is 16.4. The molecule has 25 heavy (non-hydrogen) atoms. The number of hydrogen-bond acceptors (Lipinski definition) is 2. The first-order valence-corrected chi connectivity index (χ1v) is 9.57. The van der Waals surface area contributed by atoms with Crippen LogP contribution in [0.4, 0.5) is 4.79 Å². The summed E-state index contributed by atoms with van der Waals surface area (Å²) in [7, 11) is 0. The number of carbonyl (C=O) groups is 2. The Bertz CT molecular complexity index is 671. The summed E-state index contributed by atoms with van der Waals surface area (Å²) in [6, 6.07) is 8.66. The molecule has 2 unspecified atom stereocenters. The molecule has 0 aromatic heterocycles. The maximum atomic E-state index is 11.9. The Labute approximate surface area is 148 Å². The van der Waals surface area contributed by atoms with Gasteiger partial charge in [0.05, 0.1) is 0 Å². The van der Waals surface area contributed by atoms with Crippen LogP contribution in [0.5, 0.6) is 0 Å². The Morgan fingerprint density at radius 2 is 1.88 bits per heavy atom. The summed E-state index contributed by atoms with van der Waals surface area (Å²) >= 11 is 0. The lowest BCUT2D eigenvalue weighted by Crippen LogP contribution is -2.41. The van der Waals surface area contributed by atoms with Crippen molar-refractivity contribution in [1.82, 2.24) is 16.0 Å². The van der Waals surface area contributed by atoms with Crippen LogP contribution in [0.15, 0.2) is 24.3 Å². The smallest absolute Gasteiger partial charge is 0.314 e. The van der Waals surface area contributed by atoms with Gasteiger partial charge in [-0.1, -0.05) is 24.3 Å². The van der Waals surface area contributed by atoms with Crippen LogP contribution in [0.25, 0.3) is 0 Å². The summed E-state index contributed by atoms with van der Waals surface area (Å²) in [4.78, 5) is 23.5. The molecule has 0 radical (unpaired) electrons. The van der Waals surface area contributed by atoms with Crippen LogP contribution in [-0.2, 0) is 16.6 Å². The standard InChI is InChI=1S/C20H27N3O2/c24-18(15-7-8-15)21-10-11-22-19(25)23-13-16-12-20(16)9-3-5-14-4-1-2-6-17(14)20/h1-2,4,6,15-16H,3,5,7-13H2,(H,21,24)(H2,22,23,25). The van der Waals surface area contributed by atoms with Crippen LogP contribution in [0, 0.1) is 11.8 Å². The van der Waals surface area contributed by atoms with E-state index in [1.165, 1.54) is 36.8 Å². The van der Waals surface area contributed by atoms with Crippen molar-refractivity contribution < 1.29 is 9.59 Å². The maximum Gasteiger partial charge on any atom is 0.314 e. The number of fused-ring (bicyclic) bond motifs is 2. The molecular formula is C20H27N3O2. The Hall–Kier alpha value is -2.04. The van der Waals surface area contributed by atoms with Crippen molar-refractivity contribution in [3.8, 4) is 0 Å². The Morgan fingerprint density at radius 1 is 1.08 bits per heavy atom. The lowest BCUT2D eigenvalue weighted by atomic mass is 9.78. The average Bonchev–Trinajstić information content (AvgIpc) is 3.53. The monoisotopic (exact) mass is 341 g/mol. The van der Waals surface area contributed by atoms with E-state index in [2.05, 4.69) is 40.2 Å². The van der Waals surface area contributed by atoms with Crippen LogP contribution in [0.3, 0.4) is 0 Å². The fraction of sp³-hybridized carbons (Fsp3) is 0.600. The normalized spacial score (nSPS) is 26.6. The summed E-state index contributed by atoms with van der Waals surface area (Å²) in [6.07, 6.45) is 6.87. The van der Waals surface area contributed by atoms with E-state index in [-0.39, 0.29) is 17.9 Å². The van der Waals surface area contributed by atoms with E-state index in [0.717, 1.165) is 19.4 Å². The quantitative estimate of drug-likeness (QED) is 0.694. The largest absolute Gasteiger partial charge is 0.354 e. The second-order valence-corrected chi connectivity index (χ2v) is 7.77. The molecule has 1 spiro atoms. The highest BCUT2D eigenvalue weighted by molar-refractivity contribution is 5.80. The van der Waals surface area contributed by atoms with E-state index in [0.29, 0.717) is 24.4 Å². The van der Waals surface area contributed by atoms with E-state index < -0.39 is 0 Å². The van der Waals surface area contributed by atoms with Gasteiger partial charge in [-0.25, -0.2) is 4.79 Å². The van der Waals surface area contributed by atoms with Crippen LogP contribution >= 0.6 is 0 Å². The zero-order chi connectivity index (χ0) is 17.3. The number of carbonyl (C=O) groups excluding carboxylic acids is 2. The fourth-order valence-electron chi connectivity index (χ4n) is 4.37. The number of aryl methyl sites for hydroxylation is 1. The summed E-state index contributed by atoms with van der Waals surface area (Å²) in [5, 5.41) is 8.69. The number of amides is 3. The first-order valence-electron chi connectivity index (χ1n) is 9.57.